The van der Waals surface area contributed by atoms with E-state index < -0.39 is 23.5 Å². The Labute approximate surface area is 242 Å². The largest absolute Gasteiger partial charge is 0.506 e. The molecule has 11 nitrogen and oxygen atoms in total. The first kappa shape index (κ1) is 27.0. The maximum absolute atomic E-state index is 14.6. The molecule has 4 N–H and O–H groups in total. The van der Waals surface area contributed by atoms with Crippen molar-refractivity contribution < 1.29 is 19.1 Å². The smallest absolute Gasteiger partial charge is 0.263 e. The lowest BCUT2D eigenvalue weighted by atomic mass is 10.0. The van der Waals surface area contributed by atoms with E-state index in [4.69, 9.17) is 28.9 Å². The maximum atomic E-state index is 14.6. The molecule has 2 amide bonds. The van der Waals surface area contributed by atoms with Crippen molar-refractivity contribution >= 4 is 57.6 Å². The predicted molar refractivity (Wildman–Crippen MR) is 152 cm³/mol. The van der Waals surface area contributed by atoms with Gasteiger partial charge in [-0.05, 0) is 37.0 Å². The van der Waals surface area contributed by atoms with Gasteiger partial charge in [0, 0.05) is 43.9 Å². The molecule has 3 aromatic heterocycles. The first-order valence-electron chi connectivity index (χ1n) is 13.0. The lowest BCUT2D eigenvalue weighted by molar-refractivity contribution is -0.116. The van der Waals surface area contributed by atoms with Crippen LogP contribution in [0.2, 0.25) is 10.0 Å². The molecule has 212 valence electrons. The zero-order valence-electron chi connectivity index (χ0n) is 21.6. The number of aryl methyl sites for hydroxylation is 1. The Hall–Kier alpha value is -4.16. The number of amides is 2. The Morgan fingerprint density at radius 3 is 2.59 bits per heavy atom. The van der Waals surface area contributed by atoms with Crippen LogP contribution in [-0.2, 0) is 24.3 Å². The second-order valence-electron chi connectivity index (χ2n) is 10.1. The van der Waals surface area contributed by atoms with Crippen molar-refractivity contribution in [2.24, 2.45) is 5.73 Å². The maximum Gasteiger partial charge on any atom is 0.263 e. The summed E-state index contributed by atoms with van der Waals surface area (Å²) in [5.41, 5.74) is 5.91. The van der Waals surface area contributed by atoms with Crippen molar-refractivity contribution in [2.45, 2.75) is 38.8 Å². The van der Waals surface area contributed by atoms with Crippen molar-refractivity contribution in [3.8, 4) is 16.9 Å². The number of nitrogens with zero attached hydrogens (tertiary/aromatic N) is 5. The van der Waals surface area contributed by atoms with Crippen LogP contribution in [0.25, 0.3) is 22.2 Å². The molecule has 5 heterocycles. The van der Waals surface area contributed by atoms with Crippen LogP contribution in [0.4, 0.5) is 15.9 Å². The Morgan fingerprint density at radius 2 is 1.85 bits per heavy atom. The van der Waals surface area contributed by atoms with Crippen LogP contribution in [0.5, 0.6) is 5.75 Å². The van der Waals surface area contributed by atoms with Gasteiger partial charge < -0.3 is 25.6 Å². The molecule has 0 unspecified atom stereocenters. The molecule has 4 aromatic rings. The molecule has 0 radical (unpaired) electrons. The normalized spacial score (nSPS) is 14.6. The fraction of sp³-hybridized carbons (Fsp3) is 0.296. The summed E-state index contributed by atoms with van der Waals surface area (Å²) in [6, 6.07) is 4.27. The molecule has 2 aliphatic rings. The van der Waals surface area contributed by atoms with Crippen LogP contribution in [-0.4, -0.2) is 49.1 Å². The number of hydrogen-bond donors (Lipinski definition) is 3. The summed E-state index contributed by atoms with van der Waals surface area (Å²) >= 11 is 12.3. The van der Waals surface area contributed by atoms with Crippen LogP contribution < -0.4 is 21.5 Å². The minimum atomic E-state index is -0.903. The summed E-state index contributed by atoms with van der Waals surface area (Å²) in [5, 5.41) is 12.6. The van der Waals surface area contributed by atoms with Gasteiger partial charge in [0.15, 0.2) is 0 Å². The average Bonchev–Trinajstić information content (AvgIpc) is 3.69. The van der Waals surface area contributed by atoms with Crippen molar-refractivity contribution in [2.75, 3.05) is 23.3 Å². The number of pyridine rings is 1. The molecular weight excluding hydrogens is 576 g/mol. The quantitative estimate of drug-likeness (QED) is 0.286. The second kappa shape index (κ2) is 10.3. The highest BCUT2D eigenvalue weighted by Gasteiger charge is 2.25. The number of aromatic nitrogens is 4. The highest BCUT2D eigenvalue weighted by Crippen LogP contribution is 2.36. The number of hydrogen-bond acceptors (Lipinski definition) is 7. The minimum absolute atomic E-state index is 0.0769. The number of phenols is 1. The number of halogens is 3. The molecule has 14 heteroatoms. The van der Waals surface area contributed by atoms with Gasteiger partial charge in [-0.1, -0.05) is 23.2 Å². The molecule has 0 saturated carbocycles. The van der Waals surface area contributed by atoms with E-state index in [2.05, 4.69) is 15.3 Å². The fourth-order valence-electron chi connectivity index (χ4n) is 5.44. The van der Waals surface area contributed by atoms with Crippen molar-refractivity contribution in [1.82, 2.24) is 19.1 Å². The number of benzene rings is 1. The molecule has 1 saturated heterocycles. The van der Waals surface area contributed by atoms with Gasteiger partial charge in [0.1, 0.15) is 34.6 Å². The fourth-order valence-corrected chi connectivity index (χ4v) is 5.80. The molecule has 0 spiro atoms. The lowest BCUT2D eigenvalue weighted by Crippen LogP contribution is -2.23. The molecule has 0 atom stereocenters. The average molecular weight is 600 g/mol. The zero-order chi connectivity index (χ0) is 29.0. The Balaban J connectivity index is 1.42. The lowest BCUT2D eigenvalue weighted by Gasteiger charge is -2.18. The number of nitrogens with one attached hydrogen (secondary N) is 1. The van der Waals surface area contributed by atoms with Crippen LogP contribution >= 0.6 is 23.2 Å². The Morgan fingerprint density at radius 1 is 1.10 bits per heavy atom. The van der Waals surface area contributed by atoms with E-state index >= 15 is 0 Å². The summed E-state index contributed by atoms with van der Waals surface area (Å²) in [5.74, 6) is -1.84. The van der Waals surface area contributed by atoms with Gasteiger partial charge in [-0.3, -0.25) is 19.0 Å². The number of carbonyl (C=O) groups is 2. The number of rotatable bonds is 6. The summed E-state index contributed by atoms with van der Waals surface area (Å²) in [4.78, 5) is 49.3. The van der Waals surface area contributed by atoms with Crippen LogP contribution in [0.3, 0.4) is 0 Å². The third-order valence-electron chi connectivity index (χ3n) is 7.40. The third-order valence-corrected chi connectivity index (χ3v) is 8.05. The molecule has 0 bridgehead atoms. The molecular formula is C27H24Cl2FN7O4. The molecule has 2 aliphatic heterocycles. The summed E-state index contributed by atoms with van der Waals surface area (Å²) in [7, 11) is 0. The van der Waals surface area contributed by atoms with Gasteiger partial charge in [0.05, 0.1) is 21.7 Å². The number of fused-ring (bicyclic) bond motifs is 2. The Kier molecular flexibility index (Phi) is 6.82. The number of primary amides is 1. The highest BCUT2D eigenvalue weighted by molar-refractivity contribution is 6.34. The van der Waals surface area contributed by atoms with Crippen LogP contribution in [0.1, 0.15) is 35.4 Å². The van der Waals surface area contributed by atoms with Crippen molar-refractivity contribution in [3.05, 3.63) is 62.1 Å². The minimum Gasteiger partial charge on any atom is -0.506 e. The molecule has 1 fully saturated rings. The predicted octanol–water partition coefficient (Wildman–Crippen LogP) is 3.70. The topological polar surface area (TPSA) is 148 Å². The van der Waals surface area contributed by atoms with E-state index in [9.17, 15) is 23.9 Å². The number of anilines is 2. The molecule has 6 rings (SSSR count). The van der Waals surface area contributed by atoms with Gasteiger partial charge in [-0.25, -0.2) is 9.97 Å². The SMILES string of the molecule is NC(=O)c1cc(-c2cn(CC(=O)Nc3cc(N4CCCC4)nc(F)c3Cl)c3nc4n(c(=O)c23)CCC4)cc(Cl)c1O. The summed E-state index contributed by atoms with van der Waals surface area (Å²) < 4.78 is 17.6. The van der Waals surface area contributed by atoms with Gasteiger partial charge >= 0.3 is 0 Å². The van der Waals surface area contributed by atoms with Crippen LogP contribution in [0, 0.1) is 5.95 Å². The zero-order valence-corrected chi connectivity index (χ0v) is 23.1. The second-order valence-corrected chi connectivity index (χ2v) is 10.8. The van der Waals surface area contributed by atoms with Gasteiger partial charge in [-0.2, -0.15) is 4.39 Å². The van der Waals surface area contributed by atoms with Crippen LogP contribution in [0.15, 0.2) is 29.2 Å². The number of carbonyl (C=O) groups excluding carboxylic acids is 2. The van der Waals surface area contributed by atoms with Gasteiger partial charge in [0.25, 0.3) is 11.5 Å². The molecule has 0 aliphatic carbocycles. The van der Waals surface area contributed by atoms with E-state index in [0.717, 1.165) is 32.4 Å². The Bertz CT molecular complexity index is 1810. The van der Waals surface area contributed by atoms with E-state index in [1.54, 1.807) is 10.8 Å². The van der Waals surface area contributed by atoms with Gasteiger partial charge in [0.2, 0.25) is 11.9 Å². The van der Waals surface area contributed by atoms with Crippen molar-refractivity contribution in [1.29, 1.82) is 0 Å². The standard InChI is InChI=1S/C27H24Cl2FN7O4/c28-16-9-13(8-14(23(16)39)25(31)40)15-11-36(26-21(15)27(41)37-7-3-4-18(37)34-26)12-20(38)32-17-10-19(33-24(30)22(17)29)35-5-1-2-6-35/h8-11,39H,1-7,12H2,(H2,31,40)(H,32,33,38). The monoisotopic (exact) mass is 599 g/mol. The van der Waals surface area contributed by atoms with E-state index in [0.29, 0.717) is 35.7 Å². The van der Waals surface area contributed by atoms with E-state index in [1.165, 1.54) is 22.8 Å². The summed E-state index contributed by atoms with van der Waals surface area (Å²) in [6.45, 7) is 1.66. The summed E-state index contributed by atoms with van der Waals surface area (Å²) in [6.07, 6.45) is 4.81. The van der Waals surface area contributed by atoms with E-state index in [-0.39, 0.29) is 44.4 Å². The van der Waals surface area contributed by atoms with Crippen molar-refractivity contribution in [3.63, 3.8) is 0 Å². The first-order chi connectivity index (χ1) is 19.6. The third kappa shape index (κ3) is 4.76. The van der Waals surface area contributed by atoms with E-state index in [1.807, 2.05) is 4.90 Å². The number of aromatic hydroxyl groups is 1. The molecule has 41 heavy (non-hydrogen) atoms. The highest BCUT2D eigenvalue weighted by atomic mass is 35.5. The van der Waals surface area contributed by atoms with Gasteiger partial charge in [-0.15, -0.1) is 0 Å². The molecule has 1 aromatic carbocycles. The number of nitrogens with two attached hydrogens (primary N) is 1. The first-order valence-corrected chi connectivity index (χ1v) is 13.7.